The fourth-order valence-corrected chi connectivity index (χ4v) is 1.81. The lowest BCUT2D eigenvalue weighted by Gasteiger charge is -2.07. The van der Waals surface area contributed by atoms with Gasteiger partial charge in [-0.05, 0) is 25.0 Å². The number of halogens is 1. The first-order chi connectivity index (χ1) is 8.68. The molecular formula is C13H15ClN2O2. The molecule has 1 saturated carbocycles. The van der Waals surface area contributed by atoms with Crippen LogP contribution in [-0.2, 0) is 4.79 Å². The lowest BCUT2D eigenvalue weighted by Crippen LogP contribution is -2.35. The van der Waals surface area contributed by atoms with Crippen molar-refractivity contribution in [3.8, 4) is 0 Å². The molecule has 0 spiro atoms. The van der Waals surface area contributed by atoms with Gasteiger partial charge in [0.05, 0.1) is 10.6 Å². The molecular weight excluding hydrogens is 252 g/mol. The number of amides is 2. The highest BCUT2D eigenvalue weighted by Gasteiger charge is 2.28. The summed E-state index contributed by atoms with van der Waals surface area (Å²) in [4.78, 5) is 23.1. The van der Waals surface area contributed by atoms with Crippen LogP contribution in [0.2, 0.25) is 5.02 Å². The van der Waals surface area contributed by atoms with E-state index < -0.39 is 0 Å². The van der Waals surface area contributed by atoms with Gasteiger partial charge < -0.3 is 10.6 Å². The molecule has 18 heavy (non-hydrogen) atoms. The third-order valence-electron chi connectivity index (χ3n) is 2.78. The van der Waals surface area contributed by atoms with Crippen LogP contribution in [0.25, 0.3) is 0 Å². The highest BCUT2D eigenvalue weighted by atomic mass is 35.5. The number of nitrogens with one attached hydrogen (secondary N) is 2. The second-order valence-electron chi connectivity index (χ2n) is 4.30. The predicted molar refractivity (Wildman–Crippen MR) is 69.5 cm³/mol. The van der Waals surface area contributed by atoms with Crippen LogP contribution < -0.4 is 10.6 Å². The molecule has 1 aromatic carbocycles. The smallest absolute Gasteiger partial charge is 0.252 e. The Kier molecular flexibility index (Phi) is 4.20. The van der Waals surface area contributed by atoms with Crippen molar-refractivity contribution in [2.24, 2.45) is 5.92 Å². The Balaban J connectivity index is 1.71. The summed E-state index contributed by atoms with van der Waals surface area (Å²) in [6, 6.07) is 6.87. The summed E-state index contributed by atoms with van der Waals surface area (Å²) in [5.41, 5.74) is 0.452. The summed E-state index contributed by atoms with van der Waals surface area (Å²) in [7, 11) is 0. The van der Waals surface area contributed by atoms with Crippen LogP contribution in [0.4, 0.5) is 0 Å². The molecule has 96 valence electrons. The van der Waals surface area contributed by atoms with Gasteiger partial charge >= 0.3 is 0 Å². The van der Waals surface area contributed by atoms with Crippen molar-refractivity contribution < 1.29 is 9.59 Å². The lowest BCUT2D eigenvalue weighted by atomic mass is 10.2. The van der Waals surface area contributed by atoms with Gasteiger partial charge in [0.2, 0.25) is 5.91 Å². The van der Waals surface area contributed by atoms with Crippen LogP contribution >= 0.6 is 11.6 Å². The second kappa shape index (κ2) is 5.87. The maximum absolute atomic E-state index is 11.7. The number of rotatable bonds is 5. The van der Waals surface area contributed by atoms with Crippen LogP contribution in [0.3, 0.4) is 0 Å². The molecule has 0 heterocycles. The number of carbonyl (C=O) groups is 2. The minimum absolute atomic E-state index is 0.0852. The van der Waals surface area contributed by atoms with Crippen LogP contribution in [0, 0.1) is 5.92 Å². The summed E-state index contributed by atoms with van der Waals surface area (Å²) in [5.74, 6) is 0.0625. The summed E-state index contributed by atoms with van der Waals surface area (Å²) < 4.78 is 0. The highest BCUT2D eigenvalue weighted by molar-refractivity contribution is 6.33. The first kappa shape index (κ1) is 12.9. The Morgan fingerprint density at radius 3 is 2.50 bits per heavy atom. The van der Waals surface area contributed by atoms with Gasteiger partial charge in [0, 0.05) is 19.0 Å². The predicted octanol–water partition coefficient (Wildman–Crippen LogP) is 1.60. The van der Waals surface area contributed by atoms with Crippen molar-refractivity contribution in [3.63, 3.8) is 0 Å². The summed E-state index contributed by atoms with van der Waals surface area (Å²) in [6.07, 6.45) is 1.97. The van der Waals surface area contributed by atoms with Crippen LogP contribution in [0.1, 0.15) is 23.2 Å². The van der Waals surface area contributed by atoms with E-state index in [4.69, 9.17) is 11.6 Å². The Hall–Kier alpha value is -1.55. The minimum Gasteiger partial charge on any atom is -0.354 e. The minimum atomic E-state index is -0.221. The van der Waals surface area contributed by atoms with E-state index in [2.05, 4.69) is 10.6 Å². The molecule has 1 aromatic rings. The molecule has 1 aliphatic rings. The fourth-order valence-electron chi connectivity index (χ4n) is 1.59. The van der Waals surface area contributed by atoms with E-state index in [1.807, 2.05) is 0 Å². The second-order valence-corrected chi connectivity index (χ2v) is 4.71. The normalized spacial score (nSPS) is 14.1. The Bertz CT molecular complexity index is 458. The Morgan fingerprint density at radius 2 is 1.83 bits per heavy atom. The average Bonchev–Trinajstić information content (AvgIpc) is 3.19. The van der Waals surface area contributed by atoms with E-state index in [1.54, 1.807) is 24.3 Å². The van der Waals surface area contributed by atoms with E-state index in [1.165, 1.54) is 0 Å². The zero-order chi connectivity index (χ0) is 13.0. The van der Waals surface area contributed by atoms with Gasteiger partial charge in [0.15, 0.2) is 0 Å². The SMILES string of the molecule is O=C(NCCNC(=O)C1CC1)c1ccccc1Cl. The quantitative estimate of drug-likeness (QED) is 0.796. The van der Waals surface area contributed by atoms with Crippen LogP contribution in [0.5, 0.6) is 0 Å². The maximum atomic E-state index is 11.7. The van der Waals surface area contributed by atoms with Gasteiger partial charge in [-0.15, -0.1) is 0 Å². The molecule has 1 fully saturated rings. The first-order valence-corrected chi connectivity index (χ1v) is 6.36. The Labute approximate surface area is 111 Å². The fraction of sp³-hybridized carbons (Fsp3) is 0.385. The van der Waals surface area contributed by atoms with Crippen molar-refractivity contribution in [2.75, 3.05) is 13.1 Å². The van der Waals surface area contributed by atoms with Crippen molar-refractivity contribution in [3.05, 3.63) is 34.9 Å². The van der Waals surface area contributed by atoms with Gasteiger partial charge in [-0.1, -0.05) is 23.7 Å². The highest BCUT2D eigenvalue weighted by Crippen LogP contribution is 2.28. The number of carbonyl (C=O) groups excluding carboxylic acids is 2. The summed E-state index contributed by atoms with van der Waals surface area (Å²) in [5, 5.41) is 5.92. The molecule has 2 amide bonds. The first-order valence-electron chi connectivity index (χ1n) is 5.99. The van der Waals surface area contributed by atoms with Gasteiger partial charge in [-0.3, -0.25) is 9.59 Å². The number of hydrogen-bond acceptors (Lipinski definition) is 2. The molecule has 5 heteroatoms. The van der Waals surface area contributed by atoms with E-state index in [-0.39, 0.29) is 17.7 Å². The largest absolute Gasteiger partial charge is 0.354 e. The zero-order valence-electron chi connectivity index (χ0n) is 9.91. The number of benzene rings is 1. The molecule has 0 bridgehead atoms. The van der Waals surface area contributed by atoms with Crippen LogP contribution in [0.15, 0.2) is 24.3 Å². The van der Waals surface area contributed by atoms with E-state index in [0.29, 0.717) is 23.7 Å². The Morgan fingerprint density at radius 1 is 1.17 bits per heavy atom. The molecule has 0 unspecified atom stereocenters. The van der Waals surface area contributed by atoms with Gasteiger partial charge in [0.1, 0.15) is 0 Å². The van der Waals surface area contributed by atoms with Gasteiger partial charge in [-0.2, -0.15) is 0 Å². The summed E-state index contributed by atoms with van der Waals surface area (Å²) in [6.45, 7) is 0.855. The third-order valence-corrected chi connectivity index (χ3v) is 3.11. The molecule has 2 rings (SSSR count). The molecule has 0 aromatic heterocycles. The van der Waals surface area contributed by atoms with Crippen molar-refractivity contribution in [2.45, 2.75) is 12.8 Å². The molecule has 1 aliphatic carbocycles. The molecule has 0 saturated heterocycles. The molecule has 0 radical (unpaired) electrons. The standard InChI is InChI=1S/C13H15ClN2O2/c14-11-4-2-1-3-10(11)13(18)16-8-7-15-12(17)9-5-6-9/h1-4,9H,5-8H2,(H,15,17)(H,16,18). The maximum Gasteiger partial charge on any atom is 0.252 e. The van der Waals surface area contributed by atoms with Crippen molar-refractivity contribution >= 4 is 23.4 Å². The zero-order valence-corrected chi connectivity index (χ0v) is 10.7. The van der Waals surface area contributed by atoms with Gasteiger partial charge in [-0.25, -0.2) is 0 Å². The monoisotopic (exact) mass is 266 g/mol. The van der Waals surface area contributed by atoms with Crippen molar-refractivity contribution in [1.82, 2.24) is 10.6 Å². The topological polar surface area (TPSA) is 58.2 Å². The lowest BCUT2D eigenvalue weighted by molar-refractivity contribution is -0.122. The number of hydrogen-bond donors (Lipinski definition) is 2. The molecule has 0 aliphatic heterocycles. The van der Waals surface area contributed by atoms with E-state index in [9.17, 15) is 9.59 Å². The molecule has 2 N–H and O–H groups in total. The van der Waals surface area contributed by atoms with E-state index in [0.717, 1.165) is 12.8 Å². The van der Waals surface area contributed by atoms with Crippen molar-refractivity contribution in [1.29, 1.82) is 0 Å². The van der Waals surface area contributed by atoms with Gasteiger partial charge in [0.25, 0.3) is 5.91 Å². The van der Waals surface area contributed by atoms with E-state index >= 15 is 0 Å². The summed E-state index contributed by atoms with van der Waals surface area (Å²) >= 11 is 5.90. The third kappa shape index (κ3) is 3.47. The van der Waals surface area contributed by atoms with Crippen LogP contribution in [-0.4, -0.2) is 24.9 Å². The molecule has 0 atom stereocenters. The molecule has 4 nitrogen and oxygen atoms in total. The average molecular weight is 267 g/mol.